The van der Waals surface area contributed by atoms with Gasteiger partial charge < -0.3 is 10.2 Å². The normalized spacial score (nSPS) is 57.6. The van der Waals surface area contributed by atoms with E-state index in [2.05, 4.69) is 19.9 Å². The lowest BCUT2D eigenvalue weighted by Gasteiger charge is -2.58. The number of allylic oxidation sites excluding steroid dienone is 1. The third-order valence-corrected chi connectivity index (χ3v) is 8.33. The SMILES string of the molecule is CC1(O)CCC2(C)C(=CCC3C2CCC2(C)C(O)CCC32)C1. The molecule has 0 amide bonds. The van der Waals surface area contributed by atoms with E-state index in [1.807, 2.05) is 6.92 Å². The molecule has 0 saturated heterocycles. The van der Waals surface area contributed by atoms with Crippen molar-refractivity contribution in [2.45, 2.75) is 83.8 Å². The van der Waals surface area contributed by atoms with E-state index in [1.165, 1.54) is 31.3 Å². The van der Waals surface area contributed by atoms with Crippen molar-refractivity contribution in [2.24, 2.45) is 28.6 Å². The van der Waals surface area contributed by atoms with Gasteiger partial charge in [0, 0.05) is 0 Å². The minimum Gasteiger partial charge on any atom is -0.393 e. The molecule has 124 valence electrons. The molecule has 0 bridgehead atoms. The number of rotatable bonds is 0. The summed E-state index contributed by atoms with van der Waals surface area (Å²) in [5.41, 5.74) is 1.51. The lowest BCUT2D eigenvalue weighted by atomic mass is 9.47. The molecular weight excluding hydrogens is 272 g/mol. The predicted molar refractivity (Wildman–Crippen MR) is 88.3 cm³/mol. The average Bonchev–Trinajstić information content (AvgIpc) is 2.76. The first kappa shape index (κ1) is 15.2. The van der Waals surface area contributed by atoms with Crippen LogP contribution in [0.15, 0.2) is 11.6 Å². The van der Waals surface area contributed by atoms with Crippen LogP contribution >= 0.6 is 0 Å². The second kappa shape index (κ2) is 4.60. The van der Waals surface area contributed by atoms with E-state index in [1.54, 1.807) is 0 Å². The summed E-state index contributed by atoms with van der Waals surface area (Å²) >= 11 is 0. The summed E-state index contributed by atoms with van der Waals surface area (Å²) in [6, 6.07) is 0. The lowest BCUT2D eigenvalue weighted by molar-refractivity contribution is -0.0806. The number of hydrogen-bond acceptors (Lipinski definition) is 2. The Labute approximate surface area is 135 Å². The van der Waals surface area contributed by atoms with Crippen LogP contribution < -0.4 is 0 Å². The molecule has 0 heterocycles. The fraction of sp³-hybridized carbons (Fsp3) is 0.900. The van der Waals surface area contributed by atoms with Crippen molar-refractivity contribution in [3.63, 3.8) is 0 Å². The molecule has 2 nitrogen and oxygen atoms in total. The van der Waals surface area contributed by atoms with Gasteiger partial charge in [-0.05, 0) is 86.9 Å². The highest BCUT2D eigenvalue weighted by Gasteiger charge is 2.58. The number of hydrogen-bond donors (Lipinski definition) is 2. The first-order chi connectivity index (χ1) is 10.3. The molecule has 0 aromatic rings. The second-order valence-corrected chi connectivity index (χ2v) is 9.57. The maximum Gasteiger partial charge on any atom is 0.0657 e. The van der Waals surface area contributed by atoms with Crippen LogP contribution in [0, 0.1) is 28.6 Å². The Morgan fingerprint density at radius 2 is 1.77 bits per heavy atom. The highest BCUT2D eigenvalue weighted by atomic mass is 16.3. The Kier molecular flexibility index (Phi) is 3.18. The van der Waals surface area contributed by atoms with Gasteiger partial charge in [0.25, 0.3) is 0 Å². The molecule has 0 radical (unpaired) electrons. The standard InChI is InChI=1S/C20H32O2/c1-18(22)10-11-19(2)13(12-18)4-5-14-15-6-7-17(21)20(15,3)9-8-16(14)19/h4,14-17,21-22H,5-12H2,1-3H3. The molecule has 7 atom stereocenters. The quantitative estimate of drug-likeness (QED) is 0.663. The van der Waals surface area contributed by atoms with Crippen LogP contribution in [0.1, 0.15) is 72.1 Å². The van der Waals surface area contributed by atoms with Gasteiger partial charge in [-0.15, -0.1) is 0 Å². The Bertz CT molecular complexity index is 508. The topological polar surface area (TPSA) is 40.5 Å². The van der Waals surface area contributed by atoms with Crippen molar-refractivity contribution in [3.8, 4) is 0 Å². The van der Waals surface area contributed by atoms with E-state index in [0.717, 1.165) is 37.5 Å². The van der Waals surface area contributed by atoms with Gasteiger partial charge in [0.1, 0.15) is 0 Å². The summed E-state index contributed by atoms with van der Waals surface area (Å²) < 4.78 is 0. The largest absolute Gasteiger partial charge is 0.393 e. The molecule has 0 spiro atoms. The van der Waals surface area contributed by atoms with Crippen LogP contribution in [0.4, 0.5) is 0 Å². The molecule has 0 aliphatic heterocycles. The van der Waals surface area contributed by atoms with Gasteiger partial charge in [-0.1, -0.05) is 25.5 Å². The van der Waals surface area contributed by atoms with Crippen LogP contribution in [-0.2, 0) is 0 Å². The molecule has 3 saturated carbocycles. The van der Waals surface area contributed by atoms with Crippen LogP contribution in [0.3, 0.4) is 0 Å². The number of fused-ring (bicyclic) bond motifs is 5. The molecule has 2 heteroatoms. The van der Waals surface area contributed by atoms with Gasteiger partial charge in [0.2, 0.25) is 0 Å². The van der Waals surface area contributed by atoms with E-state index in [4.69, 9.17) is 0 Å². The first-order valence-electron chi connectivity index (χ1n) is 9.36. The highest BCUT2D eigenvalue weighted by Crippen LogP contribution is 2.65. The molecule has 22 heavy (non-hydrogen) atoms. The first-order valence-corrected chi connectivity index (χ1v) is 9.36. The Morgan fingerprint density at radius 3 is 2.55 bits per heavy atom. The molecule has 4 aliphatic rings. The van der Waals surface area contributed by atoms with Crippen molar-refractivity contribution in [3.05, 3.63) is 11.6 Å². The molecule has 7 unspecified atom stereocenters. The van der Waals surface area contributed by atoms with Gasteiger partial charge >= 0.3 is 0 Å². The summed E-state index contributed by atoms with van der Waals surface area (Å²) in [7, 11) is 0. The average molecular weight is 304 g/mol. The molecule has 4 aliphatic carbocycles. The predicted octanol–water partition coefficient (Wildman–Crippen LogP) is 4.06. The lowest BCUT2D eigenvalue weighted by Crippen LogP contribution is -2.52. The number of aliphatic hydroxyl groups is 2. The van der Waals surface area contributed by atoms with E-state index >= 15 is 0 Å². The molecule has 4 rings (SSSR count). The monoisotopic (exact) mass is 304 g/mol. The van der Waals surface area contributed by atoms with Crippen LogP contribution in [0.25, 0.3) is 0 Å². The summed E-state index contributed by atoms with van der Waals surface area (Å²) in [5, 5.41) is 21.0. The van der Waals surface area contributed by atoms with Gasteiger partial charge in [-0.3, -0.25) is 0 Å². The molecule has 2 N–H and O–H groups in total. The fourth-order valence-electron chi connectivity index (χ4n) is 6.78. The van der Waals surface area contributed by atoms with Gasteiger partial charge in [0.05, 0.1) is 11.7 Å². The van der Waals surface area contributed by atoms with E-state index in [9.17, 15) is 10.2 Å². The second-order valence-electron chi connectivity index (χ2n) is 9.57. The van der Waals surface area contributed by atoms with E-state index in [-0.39, 0.29) is 11.5 Å². The molecule has 0 aromatic carbocycles. The maximum atomic E-state index is 10.5. The zero-order valence-corrected chi connectivity index (χ0v) is 14.4. The summed E-state index contributed by atoms with van der Waals surface area (Å²) in [6.45, 7) is 6.82. The van der Waals surface area contributed by atoms with Crippen LogP contribution in [0.2, 0.25) is 0 Å². The van der Waals surface area contributed by atoms with E-state index in [0.29, 0.717) is 11.3 Å². The smallest absolute Gasteiger partial charge is 0.0657 e. The summed E-state index contributed by atoms with van der Waals surface area (Å²) in [4.78, 5) is 0. The molecule has 3 fully saturated rings. The Morgan fingerprint density at radius 1 is 1.00 bits per heavy atom. The number of aliphatic hydroxyl groups excluding tert-OH is 1. The minimum absolute atomic E-state index is 0.0799. The van der Waals surface area contributed by atoms with Crippen molar-refractivity contribution < 1.29 is 10.2 Å². The van der Waals surface area contributed by atoms with Gasteiger partial charge in [0.15, 0.2) is 0 Å². The van der Waals surface area contributed by atoms with Crippen molar-refractivity contribution in [1.29, 1.82) is 0 Å². The molecule has 0 aromatic heterocycles. The fourth-order valence-corrected chi connectivity index (χ4v) is 6.78. The zero-order chi connectivity index (χ0) is 15.8. The Hall–Kier alpha value is -0.340. The van der Waals surface area contributed by atoms with Gasteiger partial charge in [-0.25, -0.2) is 0 Å². The highest BCUT2D eigenvalue weighted by molar-refractivity contribution is 5.26. The minimum atomic E-state index is -0.495. The summed E-state index contributed by atoms with van der Waals surface area (Å²) in [6.07, 6.45) is 11.2. The summed E-state index contributed by atoms with van der Waals surface area (Å²) in [5.74, 6) is 2.23. The van der Waals surface area contributed by atoms with Crippen molar-refractivity contribution in [2.75, 3.05) is 0 Å². The molecular formula is C20H32O2. The van der Waals surface area contributed by atoms with Gasteiger partial charge in [-0.2, -0.15) is 0 Å². The third kappa shape index (κ3) is 1.92. The van der Waals surface area contributed by atoms with Crippen LogP contribution in [0.5, 0.6) is 0 Å². The van der Waals surface area contributed by atoms with Crippen LogP contribution in [-0.4, -0.2) is 21.9 Å². The Balaban J connectivity index is 1.67. The maximum absolute atomic E-state index is 10.5. The van der Waals surface area contributed by atoms with Crippen molar-refractivity contribution in [1.82, 2.24) is 0 Å². The third-order valence-electron chi connectivity index (χ3n) is 8.33. The zero-order valence-electron chi connectivity index (χ0n) is 14.4. The van der Waals surface area contributed by atoms with Crippen molar-refractivity contribution >= 4 is 0 Å². The van der Waals surface area contributed by atoms with E-state index < -0.39 is 5.60 Å².